The molecule has 2 unspecified atom stereocenters. The highest BCUT2D eigenvalue weighted by Crippen LogP contribution is 2.24. The molecular weight excluding hydrogens is 569 g/mol. The van der Waals surface area contributed by atoms with Crippen LogP contribution in [0.3, 0.4) is 0 Å². The lowest BCUT2D eigenvalue weighted by Crippen LogP contribution is -2.34. The minimum atomic E-state index is -0.0324. The molecule has 242 valence electrons. The highest BCUT2D eigenvalue weighted by molar-refractivity contribution is 8.76. The largest absolute Gasteiger partial charge is 0.359 e. The van der Waals surface area contributed by atoms with E-state index < -0.39 is 0 Å². The summed E-state index contributed by atoms with van der Waals surface area (Å²) in [6.45, 7) is 3.10. The van der Waals surface area contributed by atoms with Gasteiger partial charge in [-0.1, -0.05) is 97.3 Å². The molecular formula is C32H58N4O4S2. The minimum absolute atomic E-state index is 0.0109. The third-order valence-corrected chi connectivity index (χ3v) is 9.17. The van der Waals surface area contributed by atoms with Crippen LogP contribution in [-0.2, 0) is 19.2 Å². The summed E-state index contributed by atoms with van der Waals surface area (Å²) < 4.78 is 0. The Kier molecular flexibility index (Phi) is 27.8. The summed E-state index contributed by atoms with van der Waals surface area (Å²) in [5.74, 6) is 1.72. The fourth-order valence-electron chi connectivity index (χ4n) is 4.34. The number of unbranched alkanes of at least 4 members (excludes halogenated alkanes) is 12. The van der Waals surface area contributed by atoms with Gasteiger partial charge in [-0.3, -0.25) is 19.2 Å². The highest BCUT2D eigenvalue weighted by Gasteiger charge is 2.10. The van der Waals surface area contributed by atoms with Gasteiger partial charge in [-0.25, -0.2) is 0 Å². The molecule has 0 heterocycles. The lowest BCUT2D eigenvalue weighted by atomic mass is 10.1. The molecule has 2 atom stereocenters. The van der Waals surface area contributed by atoms with Crippen LogP contribution < -0.4 is 21.3 Å². The molecule has 4 amide bonds. The van der Waals surface area contributed by atoms with Crippen LogP contribution in [0.5, 0.6) is 0 Å². The van der Waals surface area contributed by atoms with Crippen molar-refractivity contribution in [1.29, 1.82) is 0 Å². The van der Waals surface area contributed by atoms with Crippen LogP contribution in [0.1, 0.15) is 117 Å². The fourth-order valence-corrected chi connectivity index (χ4v) is 6.67. The second-order valence-corrected chi connectivity index (χ2v) is 13.3. The molecule has 0 aromatic carbocycles. The van der Waals surface area contributed by atoms with Gasteiger partial charge in [-0.15, -0.1) is 0 Å². The third-order valence-electron chi connectivity index (χ3n) is 6.70. The topological polar surface area (TPSA) is 116 Å². The van der Waals surface area contributed by atoms with Gasteiger partial charge < -0.3 is 21.3 Å². The summed E-state index contributed by atoms with van der Waals surface area (Å²) in [6.07, 6.45) is 25.2. The summed E-state index contributed by atoms with van der Waals surface area (Å²) >= 11 is 0. The quantitative estimate of drug-likeness (QED) is 0.0489. The molecule has 4 N–H and O–H groups in total. The van der Waals surface area contributed by atoms with Gasteiger partial charge in [-0.2, -0.15) is 0 Å². The molecule has 0 fully saturated rings. The van der Waals surface area contributed by atoms with Gasteiger partial charge in [0.2, 0.25) is 23.6 Å². The zero-order chi connectivity index (χ0) is 31.3. The van der Waals surface area contributed by atoms with Crippen molar-refractivity contribution in [2.45, 2.75) is 129 Å². The van der Waals surface area contributed by atoms with E-state index in [1.165, 1.54) is 38.5 Å². The van der Waals surface area contributed by atoms with Crippen molar-refractivity contribution in [1.82, 2.24) is 21.3 Å². The van der Waals surface area contributed by atoms with Gasteiger partial charge in [0.1, 0.15) is 0 Å². The molecule has 0 rings (SSSR count). The van der Waals surface area contributed by atoms with Gasteiger partial charge in [0.05, 0.1) is 12.1 Å². The SMILES string of the molecule is CNC(=O)CCCCCCCCC=CC(CSSCC(C=CCCCCCCCCC(=O)NC)NC(C)=O)NC(C)=O. The number of amides is 4. The summed E-state index contributed by atoms with van der Waals surface area (Å²) in [5.41, 5.74) is 0. The molecule has 0 saturated heterocycles. The molecule has 0 spiro atoms. The first kappa shape index (κ1) is 40.1. The molecule has 0 aromatic heterocycles. The molecule has 42 heavy (non-hydrogen) atoms. The van der Waals surface area contributed by atoms with Crippen molar-refractivity contribution < 1.29 is 19.2 Å². The molecule has 8 nitrogen and oxygen atoms in total. The van der Waals surface area contributed by atoms with Crippen LogP contribution in [0.2, 0.25) is 0 Å². The van der Waals surface area contributed by atoms with Crippen molar-refractivity contribution in [2.75, 3.05) is 25.6 Å². The Morgan fingerprint density at radius 2 is 0.881 bits per heavy atom. The highest BCUT2D eigenvalue weighted by atomic mass is 33.1. The Balaban J connectivity index is 4.18. The molecule has 0 aliphatic heterocycles. The van der Waals surface area contributed by atoms with E-state index in [-0.39, 0.29) is 35.7 Å². The van der Waals surface area contributed by atoms with Gasteiger partial charge in [0, 0.05) is 52.3 Å². The number of carbonyl (C=O) groups excluding carboxylic acids is 4. The number of hydrogen-bond donors (Lipinski definition) is 4. The average Bonchev–Trinajstić information content (AvgIpc) is 2.95. The number of carbonyl (C=O) groups is 4. The monoisotopic (exact) mass is 626 g/mol. The fraction of sp³-hybridized carbons (Fsp3) is 0.750. The Morgan fingerprint density at radius 1 is 0.548 bits per heavy atom. The maximum Gasteiger partial charge on any atom is 0.219 e. The van der Waals surface area contributed by atoms with E-state index in [0.717, 1.165) is 62.9 Å². The van der Waals surface area contributed by atoms with E-state index in [1.54, 1.807) is 49.5 Å². The van der Waals surface area contributed by atoms with E-state index >= 15 is 0 Å². The van der Waals surface area contributed by atoms with Crippen molar-refractivity contribution in [3.05, 3.63) is 24.3 Å². The van der Waals surface area contributed by atoms with Crippen LogP contribution in [0.25, 0.3) is 0 Å². The summed E-state index contributed by atoms with van der Waals surface area (Å²) in [4.78, 5) is 45.8. The van der Waals surface area contributed by atoms with Crippen LogP contribution in [-0.4, -0.2) is 61.3 Å². The Morgan fingerprint density at radius 3 is 1.21 bits per heavy atom. The van der Waals surface area contributed by atoms with Gasteiger partial charge in [0.15, 0.2) is 0 Å². The first-order valence-electron chi connectivity index (χ1n) is 15.8. The second kappa shape index (κ2) is 29.1. The molecule has 0 bridgehead atoms. The molecule has 0 saturated carbocycles. The number of hydrogen-bond acceptors (Lipinski definition) is 6. The van der Waals surface area contributed by atoms with Crippen LogP contribution >= 0.6 is 21.6 Å². The molecule has 0 radical (unpaired) electrons. The van der Waals surface area contributed by atoms with Crippen molar-refractivity contribution in [3.63, 3.8) is 0 Å². The predicted molar refractivity (Wildman–Crippen MR) is 180 cm³/mol. The maximum absolute atomic E-state index is 11.7. The standard InChI is InChI=1S/C32H58N4O4S2/c1-27(37)35-29(21-17-13-9-5-7-11-15-19-23-31(39)33-3)25-41-42-26-30(36-28(2)38)22-18-14-10-6-8-12-16-20-24-32(40)34-4/h17-18,21-22,29-30H,5-16,19-20,23-26H2,1-4H3,(H,33,39)(H,34,40)(H,35,37)(H,36,38). The van der Waals surface area contributed by atoms with Gasteiger partial charge in [0.25, 0.3) is 0 Å². The summed E-state index contributed by atoms with van der Waals surface area (Å²) in [6, 6.07) is -0.0217. The zero-order valence-corrected chi connectivity index (χ0v) is 28.3. The zero-order valence-electron chi connectivity index (χ0n) is 26.6. The van der Waals surface area contributed by atoms with Crippen LogP contribution in [0.15, 0.2) is 24.3 Å². The number of nitrogens with one attached hydrogen (secondary N) is 4. The predicted octanol–water partition coefficient (Wildman–Crippen LogP) is 6.22. The minimum Gasteiger partial charge on any atom is -0.359 e. The van der Waals surface area contributed by atoms with Crippen molar-refractivity contribution >= 4 is 45.2 Å². The average molecular weight is 627 g/mol. The summed E-state index contributed by atoms with van der Waals surface area (Å²) in [7, 11) is 6.79. The number of rotatable bonds is 27. The van der Waals surface area contributed by atoms with E-state index in [9.17, 15) is 19.2 Å². The molecule has 0 aromatic rings. The van der Waals surface area contributed by atoms with E-state index in [1.807, 2.05) is 0 Å². The number of allylic oxidation sites excluding steroid dienone is 2. The Bertz CT molecular complexity index is 728. The maximum atomic E-state index is 11.7. The van der Waals surface area contributed by atoms with Crippen LogP contribution in [0, 0.1) is 0 Å². The second-order valence-electron chi connectivity index (χ2n) is 10.7. The molecule has 0 aliphatic carbocycles. The Hall–Kier alpha value is -1.94. The lowest BCUT2D eigenvalue weighted by molar-refractivity contribution is -0.121. The van der Waals surface area contributed by atoms with Gasteiger partial charge >= 0.3 is 0 Å². The van der Waals surface area contributed by atoms with Gasteiger partial charge in [-0.05, 0) is 38.5 Å². The van der Waals surface area contributed by atoms with Crippen LogP contribution in [0.4, 0.5) is 0 Å². The van der Waals surface area contributed by atoms with E-state index in [4.69, 9.17) is 0 Å². The normalized spacial score (nSPS) is 12.8. The van der Waals surface area contributed by atoms with Crippen molar-refractivity contribution in [2.24, 2.45) is 0 Å². The first-order valence-corrected chi connectivity index (χ1v) is 18.3. The first-order chi connectivity index (χ1) is 20.3. The van der Waals surface area contributed by atoms with E-state index in [0.29, 0.717) is 12.8 Å². The summed E-state index contributed by atoms with van der Waals surface area (Å²) in [5, 5.41) is 11.4. The molecule has 10 heteroatoms. The smallest absolute Gasteiger partial charge is 0.219 e. The molecule has 0 aliphatic rings. The van der Waals surface area contributed by atoms with E-state index in [2.05, 4.69) is 45.6 Å². The lowest BCUT2D eigenvalue weighted by Gasteiger charge is -2.16. The Labute approximate surface area is 263 Å². The van der Waals surface area contributed by atoms with Crippen molar-refractivity contribution in [3.8, 4) is 0 Å². The third kappa shape index (κ3) is 28.2.